The molecule has 3 heteroatoms. The lowest BCUT2D eigenvalue weighted by molar-refractivity contribution is 0.305. The van der Waals surface area contributed by atoms with E-state index in [1.165, 1.54) is 17.7 Å². The van der Waals surface area contributed by atoms with Crippen molar-refractivity contribution < 1.29 is 9.13 Å². The van der Waals surface area contributed by atoms with E-state index < -0.39 is 0 Å². The maximum atomic E-state index is 13.2. The average molecular weight is 333 g/mol. The number of aliphatic imine (C=N–C) groups is 1. The highest BCUT2D eigenvalue weighted by Crippen LogP contribution is 2.20. The second-order valence-corrected chi connectivity index (χ2v) is 6.04. The van der Waals surface area contributed by atoms with Gasteiger partial charge in [-0.05, 0) is 66.4 Å². The summed E-state index contributed by atoms with van der Waals surface area (Å²) < 4.78 is 19.0. The van der Waals surface area contributed by atoms with Crippen LogP contribution in [0.1, 0.15) is 22.3 Å². The van der Waals surface area contributed by atoms with Crippen molar-refractivity contribution in [3.05, 3.63) is 94.8 Å². The Hall–Kier alpha value is -2.94. The van der Waals surface area contributed by atoms with Crippen LogP contribution in [-0.2, 0) is 6.61 Å². The lowest BCUT2D eigenvalue weighted by atomic mass is 10.1. The van der Waals surface area contributed by atoms with Gasteiger partial charge in [-0.3, -0.25) is 4.99 Å². The van der Waals surface area contributed by atoms with Gasteiger partial charge in [0.25, 0.3) is 0 Å². The third kappa shape index (κ3) is 4.77. The molecule has 0 spiro atoms. The van der Waals surface area contributed by atoms with E-state index in [1.807, 2.05) is 43.5 Å². The van der Waals surface area contributed by atoms with Crippen LogP contribution in [0.25, 0.3) is 0 Å². The van der Waals surface area contributed by atoms with Crippen LogP contribution < -0.4 is 4.74 Å². The van der Waals surface area contributed by atoms with Crippen LogP contribution in [0.15, 0.2) is 71.7 Å². The Kier molecular flexibility index (Phi) is 5.24. The Morgan fingerprint density at radius 1 is 0.960 bits per heavy atom. The van der Waals surface area contributed by atoms with E-state index >= 15 is 0 Å². The number of hydrogen-bond donors (Lipinski definition) is 0. The number of nitrogens with zero attached hydrogens (tertiary/aromatic N) is 1. The summed E-state index contributed by atoms with van der Waals surface area (Å²) in [5, 5.41) is 0. The largest absolute Gasteiger partial charge is 0.489 e. The highest BCUT2D eigenvalue weighted by Gasteiger charge is 2.00. The van der Waals surface area contributed by atoms with Gasteiger partial charge in [0, 0.05) is 6.21 Å². The van der Waals surface area contributed by atoms with Crippen molar-refractivity contribution in [1.82, 2.24) is 0 Å². The predicted molar refractivity (Wildman–Crippen MR) is 100 cm³/mol. The standard InChI is InChI=1S/C22H20FNO/c1-16-9-10-17(2)22(11-16)24-14-18-5-4-8-21(13-18)25-15-19-6-3-7-20(23)12-19/h3-14H,15H2,1-2H3. The van der Waals surface area contributed by atoms with Crippen molar-refractivity contribution in [3.63, 3.8) is 0 Å². The zero-order chi connectivity index (χ0) is 17.6. The maximum absolute atomic E-state index is 13.2. The first-order valence-corrected chi connectivity index (χ1v) is 8.19. The first-order valence-electron chi connectivity index (χ1n) is 8.19. The molecule has 0 bridgehead atoms. The Bertz CT molecular complexity index is 902. The van der Waals surface area contributed by atoms with Crippen LogP contribution in [0.3, 0.4) is 0 Å². The van der Waals surface area contributed by atoms with E-state index in [0.717, 1.165) is 28.1 Å². The van der Waals surface area contributed by atoms with Crippen molar-refractivity contribution in [3.8, 4) is 5.75 Å². The summed E-state index contributed by atoms with van der Waals surface area (Å²) in [6.07, 6.45) is 1.83. The van der Waals surface area contributed by atoms with Gasteiger partial charge < -0.3 is 4.74 Å². The molecule has 0 radical (unpaired) electrons. The molecule has 0 aliphatic rings. The topological polar surface area (TPSA) is 21.6 Å². The van der Waals surface area contributed by atoms with E-state index in [-0.39, 0.29) is 5.82 Å². The van der Waals surface area contributed by atoms with Crippen LogP contribution in [0, 0.1) is 19.7 Å². The third-order valence-electron chi connectivity index (χ3n) is 3.87. The minimum atomic E-state index is -0.254. The predicted octanol–water partition coefficient (Wildman–Crippen LogP) is 5.77. The van der Waals surface area contributed by atoms with E-state index in [9.17, 15) is 4.39 Å². The van der Waals surface area contributed by atoms with Gasteiger partial charge in [-0.2, -0.15) is 0 Å². The number of benzene rings is 3. The van der Waals surface area contributed by atoms with Crippen molar-refractivity contribution in [2.45, 2.75) is 20.5 Å². The molecule has 0 saturated heterocycles. The number of rotatable bonds is 5. The second-order valence-electron chi connectivity index (χ2n) is 6.04. The quantitative estimate of drug-likeness (QED) is 0.543. The van der Waals surface area contributed by atoms with Gasteiger partial charge >= 0.3 is 0 Å². The fraction of sp³-hybridized carbons (Fsp3) is 0.136. The Balaban J connectivity index is 1.71. The lowest BCUT2D eigenvalue weighted by Crippen LogP contribution is -1.96. The Labute approximate surface area is 147 Å². The highest BCUT2D eigenvalue weighted by molar-refractivity contribution is 5.82. The number of hydrogen-bond acceptors (Lipinski definition) is 2. The molecule has 3 rings (SSSR count). The summed E-state index contributed by atoms with van der Waals surface area (Å²) in [5.41, 5.74) is 5.04. The molecule has 0 aliphatic carbocycles. The van der Waals surface area contributed by atoms with E-state index in [2.05, 4.69) is 30.1 Å². The molecule has 0 aliphatic heterocycles. The Morgan fingerprint density at radius 2 is 1.80 bits per heavy atom. The molecule has 3 aromatic rings. The van der Waals surface area contributed by atoms with Crippen LogP contribution in [0.5, 0.6) is 5.75 Å². The summed E-state index contributed by atoms with van der Waals surface area (Å²) in [6.45, 7) is 4.43. The molecule has 0 aromatic heterocycles. The van der Waals surface area contributed by atoms with Crippen LogP contribution in [0.2, 0.25) is 0 Å². The summed E-state index contributed by atoms with van der Waals surface area (Å²) in [4.78, 5) is 4.58. The van der Waals surface area contributed by atoms with Crippen molar-refractivity contribution in [1.29, 1.82) is 0 Å². The third-order valence-corrected chi connectivity index (χ3v) is 3.87. The average Bonchev–Trinajstić information content (AvgIpc) is 2.61. The van der Waals surface area contributed by atoms with Gasteiger partial charge in [-0.15, -0.1) is 0 Å². The molecular formula is C22H20FNO. The summed E-state index contributed by atoms with van der Waals surface area (Å²) >= 11 is 0. The molecule has 0 unspecified atom stereocenters. The second kappa shape index (κ2) is 7.75. The van der Waals surface area contributed by atoms with E-state index in [4.69, 9.17) is 4.74 Å². The highest BCUT2D eigenvalue weighted by atomic mass is 19.1. The molecule has 126 valence electrons. The zero-order valence-electron chi connectivity index (χ0n) is 14.4. The molecule has 0 heterocycles. The first kappa shape index (κ1) is 16.9. The fourth-order valence-electron chi connectivity index (χ4n) is 2.48. The molecule has 0 fully saturated rings. The van der Waals surface area contributed by atoms with Gasteiger partial charge in [-0.25, -0.2) is 4.39 Å². The molecular weight excluding hydrogens is 313 g/mol. The van der Waals surface area contributed by atoms with E-state index in [1.54, 1.807) is 6.07 Å². The number of aryl methyl sites for hydroxylation is 2. The van der Waals surface area contributed by atoms with Gasteiger partial charge in [0.05, 0.1) is 5.69 Å². The molecule has 2 nitrogen and oxygen atoms in total. The molecule has 25 heavy (non-hydrogen) atoms. The molecule has 0 saturated carbocycles. The fourth-order valence-corrected chi connectivity index (χ4v) is 2.48. The van der Waals surface area contributed by atoms with Gasteiger partial charge in [0.15, 0.2) is 0 Å². The van der Waals surface area contributed by atoms with Gasteiger partial charge in [0.1, 0.15) is 18.2 Å². The molecule has 0 N–H and O–H groups in total. The minimum Gasteiger partial charge on any atom is -0.489 e. The maximum Gasteiger partial charge on any atom is 0.123 e. The summed E-state index contributed by atoms with van der Waals surface area (Å²) in [6, 6.07) is 20.3. The molecule has 0 amide bonds. The summed E-state index contributed by atoms with van der Waals surface area (Å²) in [7, 11) is 0. The van der Waals surface area contributed by atoms with Gasteiger partial charge in [-0.1, -0.05) is 36.4 Å². The SMILES string of the molecule is Cc1ccc(C)c(N=Cc2cccc(OCc3cccc(F)c3)c2)c1. The Morgan fingerprint density at radius 3 is 2.64 bits per heavy atom. The van der Waals surface area contributed by atoms with E-state index in [0.29, 0.717) is 6.61 Å². The number of halogens is 1. The van der Waals surface area contributed by atoms with Crippen LogP contribution in [-0.4, -0.2) is 6.21 Å². The molecule has 0 atom stereocenters. The van der Waals surface area contributed by atoms with Gasteiger partial charge in [0.2, 0.25) is 0 Å². The molecule has 3 aromatic carbocycles. The minimum absolute atomic E-state index is 0.254. The normalized spacial score (nSPS) is 11.0. The van der Waals surface area contributed by atoms with Crippen molar-refractivity contribution in [2.75, 3.05) is 0 Å². The smallest absolute Gasteiger partial charge is 0.123 e. The number of ether oxygens (including phenoxy) is 1. The first-order chi connectivity index (χ1) is 12.1. The van der Waals surface area contributed by atoms with Crippen LogP contribution in [0.4, 0.5) is 10.1 Å². The lowest BCUT2D eigenvalue weighted by Gasteiger charge is -2.07. The summed E-state index contributed by atoms with van der Waals surface area (Å²) in [5.74, 6) is 0.477. The van der Waals surface area contributed by atoms with Crippen molar-refractivity contribution in [2.24, 2.45) is 4.99 Å². The van der Waals surface area contributed by atoms with Crippen molar-refractivity contribution >= 4 is 11.9 Å². The zero-order valence-corrected chi connectivity index (χ0v) is 14.4. The monoisotopic (exact) mass is 333 g/mol. The van der Waals surface area contributed by atoms with Crippen LogP contribution >= 0.6 is 0 Å².